The Morgan fingerprint density at radius 1 is 1.31 bits per heavy atom. The maximum Gasteiger partial charge on any atom is 0.248 e. The second-order valence-electron chi connectivity index (χ2n) is 6.08. The smallest absolute Gasteiger partial charge is 0.248 e. The molecule has 0 unspecified atom stereocenters. The largest absolute Gasteiger partial charge is 0.491 e. The summed E-state index contributed by atoms with van der Waals surface area (Å²) in [7, 11) is 0. The van der Waals surface area contributed by atoms with Crippen LogP contribution in [0.4, 0.5) is 5.69 Å². The lowest BCUT2D eigenvalue weighted by atomic mass is 10.0. The maximum atomic E-state index is 11.3. The van der Waals surface area contributed by atoms with Crippen molar-refractivity contribution in [3.8, 4) is 5.75 Å². The number of amides is 1. The standard InChI is InChI=1S/C19H22ClN3O3/c20-16-11-15(26-10-9-24)5-6-17(16)23-8-7-22-12-18(23)13-1-3-14(4-2-13)19(21)25/h1-6,11,18,22,24H,7-10,12H2,(H2,21,25)/t18-/m0/s1. The van der Waals surface area contributed by atoms with Gasteiger partial charge in [-0.15, -0.1) is 0 Å². The summed E-state index contributed by atoms with van der Waals surface area (Å²) in [5.74, 6) is 0.196. The fourth-order valence-corrected chi connectivity index (χ4v) is 3.41. The van der Waals surface area contributed by atoms with Crippen LogP contribution in [0.5, 0.6) is 5.75 Å². The summed E-state index contributed by atoms with van der Waals surface area (Å²) in [6.45, 7) is 2.63. The van der Waals surface area contributed by atoms with Crippen LogP contribution in [0.2, 0.25) is 5.02 Å². The molecule has 0 spiro atoms. The van der Waals surface area contributed by atoms with Gasteiger partial charge in [-0.3, -0.25) is 4.79 Å². The van der Waals surface area contributed by atoms with Crippen LogP contribution in [0.25, 0.3) is 0 Å². The lowest BCUT2D eigenvalue weighted by molar-refractivity contribution is 0.100. The van der Waals surface area contributed by atoms with Crippen molar-refractivity contribution < 1.29 is 14.6 Å². The number of anilines is 1. The van der Waals surface area contributed by atoms with Crippen LogP contribution in [0.3, 0.4) is 0 Å². The highest BCUT2D eigenvalue weighted by molar-refractivity contribution is 6.33. The third kappa shape index (κ3) is 4.09. The van der Waals surface area contributed by atoms with Crippen molar-refractivity contribution in [2.75, 3.05) is 37.7 Å². The molecule has 0 bridgehead atoms. The predicted molar refractivity (Wildman–Crippen MR) is 102 cm³/mol. The number of nitrogens with two attached hydrogens (primary N) is 1. The molecule has 7 heteroatoms. The zero-order chi connectivity index (χ0) is 18.5. The first-order valence-electron chi connectivity index (χ1n) is 8.50. The number of aliphatic hydroxyl groups excluding tert-OH is 1. The number of ether oxygens (including phenoxy) is 1. The first-order valence-corrected chi connectivity index (χ1v) is 8.88. The molecular weight excluding hydrogens is 354 g/mol. The molecule has 138 valence electrons. The fourth-order valence-electron chi connectivity index (χ4n) is 3.13. The zero-order valence-corrected chi connectivity index (χ0v) is 15.1. The van der Waals surface area contributed by atoms with E-state index in [4.69, 9.17) is 27.2 Å². The van der Waals surface area contributed by atoms with Crippen LogP contribution in [-0.4, -0.2) is 43.9 Å². The normalized spacial score (nSPS) is 17.2. The van der Waals surface area contributed by atoms with Crippen LogP contribution in [-0.2, 0) is 0 Å². The lowest BCUT2D eigenvalue weighted by Gasteiger charge is -2.39. The van der Waals surface area contributed by atoms with Gasteiger partial charge in [0.2, 0.25) is 5.91 Å². The summed E-state index contributed by atoms with van der Waals surface area (Å²) in [4.78, 5) is 13.5. The SMILES string of the molecule is NC(=O)c1ccc([C@@H]2CNCCN2c2ccc(OCCO)cc2Cl)cc1. The van der Waals surface area contributed by atoms with Crippen LogP contribution < -0.4 is 20.7 Å². The number of hydrogen-bond donors (Lipinski definition) is 3. The third-order valence-electron chi connectivity index (χ3n) is 4.41. The second-order valence-corrected chi connectivity index (χ2v) is 6.49. The van der Waals surface area contributed by atoms with Crippen LogP contribution in [0.15, 0.2) is 42.5 Å². The number of hydrogen-bond acceptors (Lipinski definition) is 5. The van der Waals surface area contributed by atoms with Crippen molar-refractivity contribution in [1.29, 1.82) is 0 Å². The summed E-state index contributed by atoms with van der Waals surface area (Å²) < 4.78 is 5.42. The van der Waals surface area contributed by atoms with Crippen molar-refractivity contribution in [3.63, 3.8) is 0 Å². The van der Waals surface area contributed by atoms with E-state index in [9.17, 15) is 4.79 Å². The summed E-state index contributed by atoms with van der Waals surface area (Å²) in [5, 5.41) is 12.9. The molecule has 26 heavy (non-hydrogen) atoms. The molecule has 1 amide bonds. The first kappa shape index (κ1) is 18.5. The van der Waals surface area contributed by atoms with Gasteiger partial charge in [0.1, 0.15) is 12.4 Å². The van der Waals surface area contributed by atoms with Crippen molar-refractivity contribution in [2.24, 2.45) is 5.73 Å². The van der Waals surface area contributed by atoms with Crippen molar-refractivity contribution in [2.45, 2.75) is 6.04 Å². The summed E-state index contributed by atoms with van der Waals surface area (Å²) >= 11 is 6.50. The molecule has 6 nitrogen and oxygen atoms in total. The van der Waals surface area contributed by atoms with E-state index in [1.54, 1.807) is 18.2 Å². The van der Waals surface area contributed by atoms with E-state index in [-0.39, 0.29) is 19.3 Å². The Kier molecular flexibility index (Phi) is 5.98. The average molecular weight is 376 g/mol. The van der Waals surface area contributed by atoms with Gasteiger partial charge in [-0.05, 0) is 29.8 Å². The quantitative estimate of drug-likeness (QED) is 0.718. The molecule has 1 atom stereocenters. The molecule has 0 aliphatic carbocycles. The van der Waals surface area contributed by atoms with Gasteiger partial charge in [0, 0.05) is 31.3 Å². The molecule has 1 heterocycles. The van der Waals surface area contributed by atoms with Crippen LogP contribution >= 0.6 is 11.6 Å². The number of primary amides is 1. The van der Waals surface area contributed by atoms with Gasteiger partial charge >= 0.3 is 0 Å². The number of halogens is 1. The summed E-state index contributed by atoms with van der Waals surface area (Å²) in [5.41, 5.74) is 7.82. The Morgan fingerprint density at radius 2 is 2.08 bits per heavy atom. The molecule has 0 radical (unpaired) electrons. The number of rotatable bonds is 6. The van der Waals surface area contributed by atoms with E-state index >= 15 is 0 Å². The molecule has 1 fully saturated rings. The zero-order valence-electron chi connectivity index (χ0n) is 14.3. The highest BCUT2D eigenvalue weighted by atomic mass is 35.5. The Hall–Kier alpha value is -2.28. The van der Waals surface area contributed by atoms with Gasteiger partial charge in [-0.1, -0.05) is 23.7 Å². The maximum absolute atomic E-state index is 11.3. The number of carbonyl (C=O) groups excluding carboxylic acids is 1. The van der Waals surface area contributed by atoms with Gasteiger partial charge in [0.15, 0.2) is 0 Å². The van der Waals surface area contributed by atoms with Gasteiger partial charge in [0.05, 0.1) is 23.4 Å². The average Bonchev–Trinajstić information content (AvgIpc) is 2.66. The predicted octanol–water partition coefficient (Wildman–Crippen LogP) is 1.96. The Balaban J connectivity index is 1.86. The van der Waals surface area contributed by atoms with Crippen molar-refractivity contribution >= 4 is 23.2 Å². The van der Waals surface area contributed by atoms with Gasteiger partial charge in [-0.25, -0.2) is 0 Å². The van der Waals surface area contributed by atoms with E-state index in [2.05, 4.69) is 10.2 Å². The number of benzene rings is 2. The van der Waals surface area contributed by atoms with Crippen LogP contribution in [0, 0.1) is 0 Å². The molecule has 4 N–H and O–H groups in total. The van der Waals surface area contributed by atoms with Gasteiger partial charge < -0.3 is 25.8 Å². The number of nitrogens with zero attached hydrogens (tertiary/aromatic N) is 1. The van der Waals surface area contributed by atoms with E-state index in [0.717, 1.165) is 30.9 Å². The van der Waals surface area contributed by atoms with Gasteiger partial charge in [0.25, 0.3) is 0 Å². The number of piperazine rings is 1. The highest BCUT2D eigenvalue weighted by Crippen LogP contribution is 2.35. The van der Waals surface area contributed by atoms with Gasteiger partial charge in [-0.2, -0.15) is 0 Å². The minimum Gasteiger partial charge on any atom is -0.491 e. The van der Waals surface area contributed by atoms with E-state index in [1.165, 1.54) is 0 Å². The first-order chi connectivity index (χ1) is 12.6. The molecule has 0 saturated carbocycles. The Labute approximate surface area is 157 Å². The topological polar surface area (TPSA) is 87.8 Å². The minimum atomic E-state index is -0.434. The number of nitrogens with one attached hydrogen (secondary N) is 1. The molecule has 0 aromatic heterocycles. The molecule has 3 rings (SSSR count). The molecule has 1 aliphatic heterocycles. The molecule has 1 aliphatic rings. The molecular formula is C19H22ClN3O3. The van der Waals surface area contributed by atoms with E-state index < -0.39 is 5.91 Å². The number of aliphatic hydroxyl groups is 1. The second kappa shape index (κ2) is 8.40. The summed E-state index contributed by atoms with van der Waals surface area (Å²) in [6.07, 6.45) is 0. The molecule has 1 saturated heterocycles. The Morgan fingerprint density at radius 3 is 2.73 bits per heavy atom. The third-order valence-corrected chi connectivity index (χ3v) is 4.71. The van der Waals surface area contributed by atoms with Crippen molar-refractivity contribution in [3.05, 3.63) is 58.6 Å². The number of carbonyl (C=O) groups is 1. The highest BCUT2D eigenvalue weighted by Gasteiger charge is 2.25. The van der Waals surface area contributed by atoms with E-state index in [0.29, 0.717) is 16.3 Å². The van der Waals surface area contributed by atoms with Crippen LogP contribution in [0.1, 0.15) is 22.0 Å². The van der Waals surface area contributed by atoms with E-state index in [1.807, 2.05) is 24.3 Å². The lowest BCUT2D eigenvalue weighted by Crippen LogP contribution is -2.46. The minimum absolute atomic E-state index is 0.0411. The monoisotopic (exact) mass is 375 g/mol. The van der Waals surface area contributed by atoms with Crippen molar-refractivity contribution in [1.82, 2.24) is 5.32 Å². The molecule has 2 aromatic carbocycles. The fraction of sp³-hybridized carbons (Fsp3) is 0.316. The summed E-state index contributed by atoms with van der Waals surface area (Å²) in [6, 6.07) is 13.0. The molecule has 2 aromatic rings. The Bertz CT molecular complexity index is 767.